The second-order valence-corrected chi connectivity index (χ2v) is 8.25. The van der Waals surface area contributed by atoms with E-state index >= 15 is 0 Å². The summed E-state index contributed by atoms with van der Waals surface area (Å²) in [5.41, 5.74) is 0.693. The molecule has 0 aliphatic carbocycles. The molecule has 3 rings (SSSR count). The van der Waals surface area contributed by atoms with Gasteiger partial charge in [-0.25, -0.2) is 4.79 Å². The molecule has 1 fully saturated rings. The number of aromatic nitrogens is 1. The summed E-state index contributed by atoms with van der Waals surface area (Å²) in [6.07, 6.45) is 0.488. The molecular formula is C20H24ClN3O4. The van der Waals surface area contributed by atoms with Crippen LogP contribution in [0.5, 0.6) is 0 Å². The van der Waals surface area contributed by atoms with Gasteiger partial charge in [-0.2, -0.15) is 0 Å². The summed E-state index contributed by atoms with van der Waals surface area (Å²) in [6.45, 7) is 7.14. The van der Waals surface area contributed by atoms with Gasteiger partial charge in [0, 0.05) is 31.3 Å². The van der Waals surface area contributed by atoms with Gasteiger partial charge in [0.05, 0.1) is 5.02 Å². The second-order valence-electron chi connectivity index (χ2n) is 7.85. The summed E-state index contributed by atoms with van der Waals surface area (Å²) < 4.78 is 10.5. The number of hydrogen-bond acceptors (Lipinski definition) is 5. The fraction of sp³-hybridized carbons (Fsp3) is 0.450. The van der Waals surface area contributed by atoms with E-state index in [1.54, 1.807) is 17.0 Å². The van der Waals surface area contributed by atoms with Gasteiger partial charge in [-0.3, -0.25) is 4.79 Å². The number of rotatable bonds is 4. The highest BCUT2D eigenvalue weighted by molar-refractivity contribution is 6.33. The molecular weight excluding hydrogens is 382 g/mol. The number of carbonyl (C=O) groups is 2. The number of benzene rings is 1. The molecule has 7 nitrogen and oxygen atoms in total. The van der Waals surface area contributed by atoms with Crippen molar-refractivity contribution in [1.29, 1.82) is 0 Å². The topological polar surface area (TPSA) is 84.7 Å². The maximum Gasteiger partial charge on any atom is 0.410 e. The summed E-state index contributed by atoms with van der Waals surface area (Å²) >= 11 is 6.15. The fourth-order valence-corrected chi connectivity index (χ4v) is 3.23. The first-order chi connectivity index (χ1) is 13.2. The van der Waals surface area contributed by atoms with E-state index in [2.05, 4.69) is 10.5 Å². The number of amides is 2. The van der Waals surface area contributed by atoms with Crippen molar-refractivity contribution in [2.24, 2.45) is 5.92 Å². The molecule has 2 amide bonds. The van der Waals surface area contributed by atoms with E-state index in [4.69, 9.17) is 20.9 Å². The molecule has 8 heteroatoms. The first-order valence-corrected chi connectivity index (χ1v) is 9.58. The molecule has 28 heavy (non-hydrogen) atoms. The van der Waals surface area contributed by atoms with Crippen LogP contribution in [0, 0.1) is 5.92 Å². The lowest BCUT2D eigenvalue weighted by Crippen LogP contribution is -2.36. The molecule has 1 atom stereocenters. The molecule has 2 heterocycles. The number of likely N-dealkylation sites (tertiary alicyclic amines) is 1. The minimum atomic E-state index is -0.519. The highest BCUT2D eigenvalue weighted by Crippen LogP contribution is 2.27. The number of hydrogen-bond donors (Lipinski definition) is 1. The molecule has 1 N–H and O–H groups in total. The third kappa shape index (κ3) is 5.04. The predicted octanol–water partition coefficient (Wildman–Crippen LogP) is 3.98. The van der Waals surface area contributed by atoms with Gasteiger partial charge in [-0.15, -0.1) is 0 Å². The Hall–Kier alpha value is -2.54. The van der Waals surface area contributed by atoms with Crippen LogP contribution >= 0.6 is 11.6 Å². The number of carbonyl (C=O) groups excluding carboxylic acids is 2. The molecule has 1 aromatic carbocycles. The third-order valence-corrected chi connectivity index (χ3v) is 4.70. The van der Waals surface area contributed by atoms with E-state index in [1.807, 2.05) is 39.0 Å². The van der Waals surface area contributed by atoms with Crippen LogP contribution in [0.2, 0.25) is 5.02 Å². The Labute approximate surface area is 169 Å². The summed E-state index contributed by atoms with van der Waals surface area (Å²) in [4.78, 5) is 26.1. The minimum Gasteiger partial charge on any atom is -0.444 e. The highest BCUT2D eigenvalue weighted by Gasteiger charge is 2.30. The lowest BCUT2D eigenvalue weighted by Gasteiger charge is -2.24. The summed E-state index contributed by atoms with van der Waals surface area (Å²) in [6, 6.07) is 8.79. The fourth-order valence-electron chi connectivity index (χ4n) is 2.99. The molecule has 150 valence electrons. The first kappa shape index (κ1) is 20.2. The van der Waals surface area contributed by atoms with Gasteiger partial charge in [0.25, 0.3) is 5.91 Å². The van der Waals surface area contributed by atoms with Gasteiger partial charge >= 0.3 is 6.09 Å². The van der Waals surface area contributed by atoms with Gasteiger partial charge < -0.3 is 19.5 Å². The van der Waals surface area contributed by atoms with Crippen molar-refractivity contribution in [2.75, 3.05) is 19.6 Å². The van der Waals surface area contributed by atoms with E-state index in [0.29, 0.717) is 35.9 Å². The zero-order valence-electron chi connectivity index (χ0n) is 16.2. The Morgan fingerprint density at radius 3 is 2.82 bits per heavy atom. The van der Waals surface area contributed by atoms with Crippen LogP contribution in [-0.2, 0) is 4.74 Å². The molecule has 1 aromatic heterocycles. The standard InChI is InChI=1S/C20H24ClN3O4/c1-20(2,3)27-19(26)24-9-8-13(12-24)11-22-18(25)17-10-16(23-28-17)14-6-4-5-7-15(14)21/h4-7,10,13H,8-9,11-12H2,1-3H3,(H,22,25)/t13-/m1/s1. The Kier molecular flexibility index (Phi) is 5.93. The molecule has 0 unspecified atom stereocenters. The molecule has 1 saturated heterocycles. The van der Waals surface area contributed by atoms with Crippen LogP contribution < -0.4 is 5.32 Å². The predicted molar refractivity (Wildman–Crippen MR) is 105 cm³/mol. The van der Waals surface area contributed by atoms with E-state index < -0.39 is 5.60 Å². The largest absolute Gasteiger partial charge is 0.444 e. The van der Waals surface area contributed by atoms with Gasteiger partial charge in [-0.05, 0) is 39.2 Å². The van der Waals surface area contributed by atoms with E-state index in [9.17, 15) is 9.59 Å². The molecule has 0 saturated carbocycles. The van der Waals surface area contributed by atoms with Crippen molar-refractivity contribution in [3.8, 4) is 11.3 Å². The maximum absolute atomic E-state index is 12.4. The average Bonchev–Trinajstić information content (AvgIpc) is 3.28. The Morgan fingerprint density at radius 2 is 2.11 bits per heavy atom. The van der Waals surface area contributed by atoms with Crippen molar-refractivity contribution in [2.45, 2.75) is 32.8 Å². The van der Waals surface area contributed by atoms with Crippen molar-refractivity contribution in [1.82, 2.24) is 15.4 Å². The van der Waals surface area contributed by atoms with Crippen molar-refractivity contribution >= 4 is 23.6 Å². The van der Waals surface area contributed by atoms with Gasteiger partial charge in [0.15, 0.2) is 0 Å². The van der Waals surface area contributed by atoms with Crippen LogP contribution in [0.15, 0.2) is 34.9 Å². The Bertz CT molecular complexity index is 859. The number of halogens is 1. The van der Waals surface area contributed by atoms with E-state index in [0.717, 1.165) is 6.42 Å². The maximum atomic E-state index is 12.4. The van der Waals surface area contributed by atoms with Crippen LogP contribution in [0.3, 0.4) is 0 Å². The molecule has 0 bridgehead atoms. The monoisotopic (exact) mass is 405 g/mol. The van der Waals surface area contributed by atoms with Gasteiger partial charge in [0.1, 0.15) is 11.3 Å². The Morgan fingerprint density at radius 1 is 1.36 bits per heavy atom. The highest BCUT2D eigenvalue weighted by atomic mass is 35.5. The van der Waals surface area contributed by atoms with Crippen LogP contribution in [0.1, 0.15) is 37.7 Å². The van der Waals surface area contributed by atoms with Gasteiger partial charge in [0.2, 0.25) is 5.76 Å². The van der Waals surface area contributed by atoms with Crippen molar-refractivity contribution in [3.63, 3.8) is 0 Å². The van der Waals surface area contributed by atoms with Crippen LogP contribution in [0.25, 0.3) is 11.3 Å². The molecule has 0 spiro atoms. The zero-order valence-corrected chi connectivity index (χ0v) is 17.0. The second kappa shape index (κ2) is 8.22. The summed E-state index contributed by atoms with van der Waals surface area (Å²) in [5, 5.41) is 7.31. The van der Waals surface area contributed by atoms with Crippen LogP contribution in [-0.4, -0.2) is 47.3 Å². The Balaban J connectivity index is 1.52. The number of nitrogens with zero attached hydrogens (tertiary/aromatic N) is 2. The lowest BCUT2D eigenvalue weighted by molar-refractivity contribution is 0.0288. The SMILES string of the molecule is CC(C)(C)OC(=O)N1CC[C@H](CNC(=O)c2cc(-c3ccccc3Cl)no2)C1. The summed E-state index contributed by atoms with van der Waals surface area (Å²) in [7, 11) is 0. The smallest absolute Gasteiger partial charge is 0.410 e. The normalized spacial score (nSPS) is 16.9. The van der Waals surface area contributed by atoms with Crippen molar-refractivity contribution in [3.05, 3.63) is 41.1 Å². The zero-order chi connectivity index (χ0) is 20.3. The molecule has 2 aromatic rings. The molecule has 0 radical (unpaired) electrons. The van der Waals surface area contributed by atoms with E-state index in [-0.39, 0.29) is 23.7 Å². The first-order valence-electron chi connectivity index (χ1n) is 9.20. The number of ether oxygens (including phenoxy) is 1. The number of nitrogens with one attached hydrogen (secondary N) is 1. The molecule has 1 aliphatic heterocycles. The third-order valence-electron chi connectivity index (χ3n) is 4.37. The van der Waals surface area contributed by atoms with Crippen molar-refractivity contribution < 1.29 is 18.8 Å². The average molecular weight is 406 g/mol. The lowest BCUT2D eigenvalue weighted by atomic mass is 10.1. The summed E-state index contributed by atoms with van der Waals surface area (Å²) in [5.74, 6) is -0.0548. The quantitative estimate of drug-likeness (QED) is 0.831. The van der Waals surface area contributed by atoms with Crippen LogP contribution in [0.4, 0.5) is 4.79 Å². The van der Waals surface area contributed by atoms with Gasteiger partial charge in [-0.1, -0.05) is 35.0 Å². The van der Waals surface area contributed by atoms with E-state index in [1.165, 1.54) is 0 Å². The minimum absolute atomic E-state index is 0.122. The molecule has 1 aliphatic rings.